The average Bonchev–Trinajstić information content (AvgIpc) is 2.59. The molecule has 7 heteroatoms. The van der Waals surface area contributed by atoms with Gasteiger partial charge in [-0.25, -0.2) is 0 Å². The standard InChI is InChI=1S/C16H23N3O4/c1-19-14-7-13(17)11(6-12(14)15(8-20)23-9-21)16(18)10-2-4-22-5-3-10/h6-7,9-10,15,18-20H,2-5,8,17H2,1H3. The number of aliphatic hydroxyl groups is 1. The van der Waals surface area contributed by atoms with Gasteiger partial charge in [0.25, 0.3) is 6.47 Å². The molecule has 5 N–H and O–H groups in total. The highest BCUT2D eigenvalue weighted by Gasteiger charge is 2.24. The maximum absolute atomic E-state index is 10.6. The van der Waals surface area contributed by atoms with Crippen LogP contribution < -0.4 is 11.1 Å². The molecule has 23 heavy (non-hydrogen) atoms. The van der Waals surface area contributed by atoms with E-state index in [1.807, 2.05) is 0 Å². The van der Waals surface area contributed by atoms with Crippen LogP contribution in [-0.4, -0.2) is 44.2 Å². The van der Waals surface area contributed by atoms with Gasteiger partial charge in [0.1, 0.15) is 0 Å². The molecule has 1 aromatic rings. The van der Waals surface area contributed by atoms with Crippen molar-refractivity contribution < 1.29 is 19.4 Å². The van der Waals surface area contributed by atoms with Crippen molar-refractivity contribution in [1.82, 2.24) is 0 Å². The topological polar surface area (TPSA) is 118 Å². The van der Waals surface area contributed by atoms with Gasteiger partial charge in [-0.15, -0.1) is 0 Å². The second kappa shape index (κ2) is 7.94. The molecule has 1 aliphatic rings. The lowest BCUT2D eigenvalue weighted by molar-refractivity contribution is -0.135. The molecule has 0 amide bonds. The van der Waals surface area contributed by atoms with E-state index in [0.29, 0.717) is 47.9 Å². The molecule has 1 saturated heterocycles. The molecule has 0 aromatic heterocycles. The Kier molecular flexibility index (Phi) is 5.95. The van der Waals surface area contributed by atoms with E-state index >= 15 is 0 Å². The van der Waals surface area contributed by atoms with E-state index in [9.17, 15) is 9.90 Å². The van der Waals surface area contributed by atoms with Crippen LogP contribution in [0, 0.1) is 11.3 Å². The fourth-order valence-corrected chi connectivity index (χ4v) is 2.84. The lowest BCUT2D eigenvalue weighted by atomic mass is 9.88. The Balaban J connectivity index is 2.39. The van der Waals surface area contributed by atoms with Gasteiger partial charge in [-0.2, -0.15) is 0 Å². The predicted molar refractivity (Wildman–Crippen MR) is 87.7 cm³/mol. The number of anilines is 2. The van der Waals surface area contributed by atoms with E-state index in [1.165, 1.54) is 0 Å². The van der Waals surface area contributed by atoms with Crippen LogP contribution in [0.4, 0.5) is 11.4 Å². The molecule has 1 aliphatic heterocycles. The van der Waals surface area contributed by atoms with Crippen LogP contribution in [-0.2, 0) is 14.3 Å². The summed E-state index contributed by atoms with van der Waals surface area (Å²) < 4.78 is 10.3. The fraction of sp³-hybridized carbons (Fsp3) is 0.500. The molecule has 1 atom stereocenters. The predicted octanol–water partition coefficient (Wildman–Crippen LogP) is 1.31. The Labute approximate surface area is 135 Å². The number of ether oxygens (including phenoxy) is 2. The van der Waals surface area contributed by atoms with Gasteiger partial charge in [0, 0.05) is 54.4 Å². The zero-order valence-electron chi connectivity index (χ0n) is 13.2. The van der Waals surface area contributed by atoms with Crippen molar-refractivity contribution in [2.45, 2.75) is 18.9 Å². The summed E-state index contributed by atoms with van der Waals surface area (Å²) in [6.07, 6.45) is 0.780. The minimum atomic E-state index is -0.795. The smallest absolute Gasteiger partial charge is 0.293 e. The lowest BCUT2D eigenvalue weighted by Crippen LogP contribution is -2.24. The van der Waals surface area contributed by atoms with Crippen molar-refractivity contribution in [2.24, 2.45) is 5.92 Å². The van der Waals surface area contributed by atoms with Crippen LogP contribution >= 0.6 is 0 Å². The molecular formula is C16H23N3O4. The first-order valence-corrected chi connectivity index (χ1v) is 7.60. The lowest BCUT2D eigenvalue weighted by Gasteiger charge is -2.25. The van der Waals surface area contributed by atoms with E-state index in [2.05, 4.69) is 5.32 Å². The molecule has 2 rings (SSSR count). The minimum Gasteiger partial charge on any atom is -0.457 e. The molecule has 1 unspecified atom stereocenters. The minimum absolute atomic E-state index is 0.0962. The van der Waals surface area contributed by atoms with Crippen molar-refractivity contribution in [3.8, 4) is 0 Å². The van der Waals surface area contributed by atoms with E-state index in [-0.39, 0.29) is 12.5 Å². The van der Waals surface area contributed by atoms with Gasteiger partial charge in [0.05, 0.1) is 6.61 Å². The number of benzene rings is 1. The number of nitrogens with two attached hydrogens (primary N) is 1. The summed E-state index contributed by atoms with van der Waals surface area (Å²) in [6.45, 7) is 1.24. The fourth-order valence-electron chi connectivity index (χ4n) is 2.84. The van der Waals surface area contributed by atoms with Crippen molar-refractivity contribution >= 4 is 23.6 Å². The summed E-state index contributed by atoms with van der Waals surface area (Å²) in [4.78, 5) is 10.6. The first kappa shape index (κ1) is 17.2. The number of nitrogen functional groups attached to an aromatic ring is 1. The van der Waals surface area contributed by atoms with Crippen LogP contribution in [0.1, 0.15) is 30.1 Å². The number of aliphatic hydroxyl groups excluding tert-OH is 1. The number of nitrogens with one attached hydrogen (secondary N) is 2. The van der Waals surface area contributed by atoms with Crippen LogP contribution in [0.5, 0.6) is 0 Å². The van der Waals surface area contributed by atoms with Gasteiger partial charge in [0.2, 0.25) is 0 Å². The molecule has 1 aromatic carbocycles. The van der Waals surface area contributed by atoms with Gasteiger partial charge in [-0.1, -0.05) is 0 Å². The van der Waals surface area contributed by atoms with Gasteiger partial charge in [0.15, 0.2) is 6.10 Å². The molecule has 0 saturated carbocycles. The molecule has 0 radical (unpaired) electrons. The first-order valence-electron chi connectivity index (χ1n) is 7.60. The molecule has 7 nitrogen and oxygen atoms in total. The maximum atomic E-state index is 10.6. The van der Waals surface area contributed by atoms with Gasteiger partial charge in [-0.3, -0.25) is 4.79 Å². The molecule has 126 valence electrons. The summed E-state index contributed by atoms with van der Waals surface area (Å²) in [5, 5.41) is 20.9. The summed E-state index contributed by atoms with van der Waals surface area (Å²) in [5.41, 5.74) is 8.91. The summed E-state index contributed by atoms with van der Waals surface area (Å²) in [5.74, 6) is 0.0962. The number of hydrogen-bond acceptors (Lipinski definition) is 7. The van der Waals surface area contributed by atoms with Crippen molar-refractivity contribution in [2.75, 3.05) is 37.9 Å². The number of carbonyl (C=O) groups is 1. The largest absolute Gasteiger partial charge is 0.457 e. The molecule has 1 fully saturated rings. The number of carbonyl (C=O) groups excluding carboxylic acids is 1. The monoisotopic (exact) mass is 321 g/mol. The van der Waals surface area contributed by atoms with Crippen LogP contribution in [0.2, 0.25) is 0 Å². The second-order valence-electron chi connectivity index (χ2n) is 5.48. The highest BCUT2D eigenvalue weighted by atomic mass is 16.5. The van der Waals surface area contributed by atoms with Crippen molar-refractivity contribution in [1.29, 1.82) is 5.41 Å². The normalized spacial score (nSPS) is 16.6. The summed E-state index contributed by atoms with van der Waals surface area (Å²) in [7, 11) is 1.72. The highest BCUT2D eigenvalue weighted by molar-refractivity contribution is 6.05. The van der Waals surface area contributed by atoms with E-state index < -0.39 is 6.10 Å². The van der Waals surface area contributed by atoms with Crippen molar-refractivity contribution in [3.63, 3.8) is 0 Å². The molecular weight excluding hydrogens is 298 g/mol. The molecule has 0 aliphatic carbocycles. The quantitative estimate of drug-likeness (QED) is 0.342. The Morgan fingerprint density at radius 1 is 1.57 bits per heavy atom. The Morgan fingerprint density at radius 2 is 2.26 bits per heavy atom. The molecule has 1 heterocycles. The SMILES string of the molecule is CNc1cc(N)c(C(=N)C2CCOCC2)cc1C(CO)OC=O. The van der Waals surface area contributed by atoms with Gasteiger partial charge in [-0.05, 0) is 25.0 Å². The zero-order valence-corrected chi connectivity index (χ0v) is 13.2. The van der Waals surface area contributed by atoms with Gasteiger partial charge >= 0.3 is 0 Å². The van der Waals surface area contributed by atoms with Crippen LogP contribution in [0.3, 0.4) is 0 Å². The zero-order chi connectivity index (χ0) is 16.8. The Bertz CT molecular complexity index is 571. The maximum Gasteiger partial charge on any atom is 0.293 e. The Morgan fingerprint density at radius 3 is 2.83 bits per heavy atom. The average molecular weight is 321 g/mol. The summed E-state index contributed by atoms with van der Waals surface area (Å²) in [6, 6.07) is 3.43. The number of rotatable bonds is 7. The van der Waals surface area contributed by atoms with E-state index in [1.54, 1.807) is 19.2 Å². The van der Waals surface area contributed by atoms with E-state index in [0.717, 1.165) is 12.8 Å². The molecule has 0 spiro atoms. The highest BCUT2D eigenvalue weighted by Crippen LogP contribution is 2.32. The van der Waals surface area contributed by atoms with Crippen molar-refractivity contribution in [3.05, 3.63) is 23.3 Å². The van der Waals surface area contributed by atoms with Crippen LogP contribution in [0.25, 0.3) is 0 Å². The summed E-state index contributed by atoms with van der Waals surface area (Å²) >= 11 is 0. The third-order valence-corrected chi connectivity index (χ3v) is 4.14. The van der Waals surface area contributed by atoms with E-state index in [4.69, 9.17) is 20.6 Å². The number of hydrogen-bond donors (Lipinski definition) is 4. The second-order valence-corrected chi connectivity index (χ2v) is 5.48. The molecule has 0 bridgehead atoms. The Hall–Kier alpha value is -2.12. The third-order valence-electron chi connectivity index (χ3n) is 4.14. The third kappa shape index (κ3) is 3.80. The first-order chi connectivity index (χ1) is 11.1. The van der Waals surface area contributed by atoms with Gasteiger partial charge < -0.3 is 31.0 Å². The van der Waals surface area contributed by atoms with Crippen LogP contribution in [0.15, 0.2) is 12.1 Å².